The number of hydrogen-bond acceptors (Lipinski definition) is 0. The van der Waals surface area contributed by atoms with Crippen molar-refractivity contribution in [2.24, 2.45) is 0 Å². The van der Waals surface area contributed by atoms with E-state index in [0.29, 0.717) is 0 Å². The molecule has 0 bridgehead atoms. The van der Waals surface area contributed by atoms with Gasteiger partial charge < -0.3 is 0 Å². The van der Waals surface area contributed by atoms with Gasteiger partial charge in [-0.25, -0.2) is 9.13 Å². The highest BCUT2D eigenvalue weighted by atomic mass is 15.1. The molecule has 1 aromatic carbocycles. The summed E-state index contributed by atoms with van der Waals surface area (Å²) < 4.78 is 4.79. The molecule has 19 heavy (non-hydrogen) atoms. The van der Waals surface area contributed by atoms with Crippen molar-refractivity contribution in [3.63, 3.8) is 0 Å². The van der Waals surface area contributed by atoms with Crippen LogP contribution in [0.5, 0.6) is 0 Å². The summed E-state index contributed by atoms with van der Waals surface area (Å²) in [7, 11) is 0. The fraction of sp³-hybridized carbons (Fsp3) is 0.471. The monoisotopic (exact) mass is 257 g/mol. The predicted molar refractivity (Wildman–Crippen MR) is 79.2 cm³/mol. The van der Waals surface area contributed by atoms with Gasteiger partial charge in [-0.15, -0.1) is 0 Å². The molecule has 0 aliphatic rings. The standard InChI is InChI=1S/C17H25N2/c1-4-6-17-18(11-5-2)12-13-19(17)14-16-9-7-15(3)8-10-16/h7-10,12-13H,4-6,11,14H2,1-3H3/q+1. The van der Waals surface area contributed by atoms with E-state index in [0.717, 1.165) is 19.5 Å². The smallest absolute Gasteiger partial charge is 0.234 e. The van der Waals surface area contributed by atoms with Gasteiger partial charge in [0.15, 0.2) is 0 Å². The number of aryl methyl sites for hydroxylation is 2. The van der Waals surface area contributed by atoms with Crippen LogP contribution < -0.4 is 4.57 Å². The van der Waals surface area contributed by atoms with Crippen molar-refractivity contribution in [1.82, 2.24) is 4.57 Å². The molecule has 0 aliphatic carbocycles. The van der Waals surface area contributed by atoms with Crippen molar-refractivity contribution in [2.45, 2.75) is 53.1 Å². The van der Waals surface area contributed by atoms with Crippen molar-refractivity contribution in [3.05, 3.63) is 53.6 Å². The summed E-state index contributed by atoms with van der Waals surface area (Å²) in [4.78, 5) is 0. The van der Waals surface area contributed by atoms with Gasteiger partial charge in [0, 0.05) is 6.42 Å². The van der Waals surface area contributed by atoms with Gasteiger partial charge in [-0.05, 0) is 25.3 Å². The van der Waals surface area contributed by atoms with Crippen molar-refractivity contribution in [2.75, 3.05) is 0 Å². The van der Waals surface area contributed by atoms with Crippen molar-refractivity contribution in [1.29, 1.82) is 0 Å². The second-order valence-corrected chi connectivity index (χ2v) is 5.27. The molecule has 0 atom stereocenters. The van der Waals surface area contributed by atoms with Gasteiger partial charge in [-0.1, -0.05) is 43.7 Å². The van der Waals surface area contributed by atoms with Crippen molar-refractivity contribution < 1.29 is 4.57 Å². The summed E-state index contributed by atoms with van der Waals surface area (Å²) in [6.07, 6.45) is 7.99. The Kier molecular flexibility index (Phi) is 4.78. The average Bonchev–Trinajstić information content (AvgIpc) is 2.77. The minimum Gasteiger partial charge on any atom is -0.234 e. The molecule has 2 heteroatoms. The SMILES string of the molecule is CCCc1n(CCC)cc[n+]1Cc1ccc(C)cc1. The molecule has 0 saturated heterocycles. The molecule has 2 nitrogen and oxygen atoms in total. The van der Waals surface area contributed by atoms with Crippen LogP contribution in [-0.2, 0) is 19.5 Å². The number of benzene rings is 1. The molecular weight excluding hydrogens is 232 g/mol. The number of nitrogens with zero attached hydrogens (tertiary/aromatic N) is 2. The van der Waals surface area contributed by atoms with E-state index in [4.69, 9.17) is 0 Å². The maximum Gasteiger partial charge on any atom is 0.256 e. The number of rotatable bonds is 6. The predicted octanol–water partition coefficient (Wildman–Crippen LogP) is 3.49. The zero-order valence-corrected chi connectivity index (χ0v) is 12.4. The Morgan fingerprint density at radius 1 is 1.05 bits per heavy atom. The molecule has 0 amide bonds. The Hall–Kier alpha value is -1.57. The quantitative estimate of drug-likeness (QED) is 0.700. The Bertz CT molecular complexity index is 509. The molecule has 0 N–H and O–H groups in total. The molecule has 1 heterocycles. The summed E-state index contributed by atoms with van der Waals surface area (Å²) in [6.45, 7) is 8.72. The lowest BCUT2D eigenvalue weighted by atomic mass is 10.1. The third-order valence-corrected chi connectivity index (χ3v) is 3.50. The molecule has 0 radical (unpaired) electrons. The lowest BCUT2D eigenvalue weighted by Gasteiger charge is -2.04. The zero-order valence-electron chi connectivity index (χ0n) is 12.4. The summed E-state index contributed by atoms with van der Waals surface area (Å²) in [5.41, 5.74) is 2.70. The molecule has 0 spiro atoms. The topological polar surface area (TPSA) is 8.81 Å². The third-order valence-electron chi connectivity index (χ3n) is 3.50. The second kappa shape index (κ2) is 6.55. The van der Waals surface area contributed by atoms with E-state index in [2.05, 4.69) is 66.6 Å². The van der Waals surface area contributed by atoms with Gasteiger partial charge in [0.25, 0.3) is 5.82 Å². The van der Waals surface area contributed by atoms with E-state index in [1.165, 1.54) is 29.8 Å². The van der Waals surface area contributed by atoms with Crippen LogP contribution in [0.1, 0.15) is 43.6 Å². The molecule has 102 valence electrons. The lowest BCUT2D eigenvalue weighted by Crippen LogP contribution is -2.37. The van der Waals surface area contributed by atoms with Crippen LogP contribution in [0.4, 0.5) is 0 Å². The molecule has 0 unspecified atom stereocenters. The Morgan fingerprint density at radius 2 is 1.79 bits per heavy atom. The van der Waals surface area contributed by atoms with E-state index >= 15 is 0 Å². The molecule has 2 aromatic rings. The van der Waals surface area contributed by atoms with Crippen LogP contribution in [0.15, 0.2) is 36.7 Å². The first-order valence-electron chi connectivity index (χ1n) is 7.37. The van der Waals surface area contributed by atoms with E-state index in [1.54, 1.807) is 0 Å². The van der Waals surface area contributed by atoms with Crippen molar-refractivity contribution in [3.8, 4) is 0 Å². The van der Waals surface area contributed by atoms with Crippen LogP contribution >= 0.6 is 0 Å². The minimum atomic E-state index is 0.978. The fourth-order valence-corrected chi connectivity index (χ4v) is 2.49. The third kappa shape index (κ3) is 3.46. The first-order chi connectivity index (χ1) is 9.24. The van der Waals surface area contributed by atoms with Crippen LogP contribution in [0.25, 0.3) is 0 Å². The summed E-state index contributed by atoms with van der Waals surface area (Å²) in [5.74, 6) is 1.45. The molecule has 1 aromatic heterocycles. The molecule has 0 saturated carbocycles. The van der Waals surface area contributed by atoms with Gasteiger partial charge in [-0.2, -0.15) is 0 Å². The molecule has 2 rings (SSSR count). The maximum absolute atomic E-state index is 2.40. The molecular formula is C17H25N2+. The van der Waals surface area contributed by atoms with E-state index in [1.807, 2.05) is 0 Å². The largest absolute Gasteiger partial charge is 0.256 e. The van der Waals surface area contributed by atoms with E-state index in [-0.39, 0.29) is 0 Å². The maximum atomic E-state index is 2.40. The minimum absolute atomic E-state index is 0.978. The van der Waals surface area contributed by atoms with Crippen LogP contribution in [0.2, 0.25) is 0 Å². The summed E-state index contributed by atoms with van der Waals surface area (Å²) >= 11 is 0. The number of hydrogen-bond donors (Lipinski definition) is 0. The highest BCUT2D eigenvalue weighted by Gasteiger charge is 2.15. The summed E-state index contributed by atoms with van der Waals surface area (Å²) in [6, 6.07) is 8.85. The van der Waals surface area contributed by atoms with Gasteiger partial charge in [0.2, 0.25) is 0 Å². The highest BCUT2D eigenvalue weighted by molar-refractivity contribution is 5.20. The Labute approximate surface area is 116 Å². The highest BCUT2D eigenvalue weighted by Crippen LogP contribution is 2.06. The zero-order chi connectivity index (χ0) is 13.7. The lowest BCUT2D eigenvalue weighted by molar-refractivity contribution is -0.695. The Morgan fingerprint density at radius 3 is 2.42 bits per heavy atom. The Balaban J connectivity index is 2.21. The van der Waals surface area contributed by atoms with Crippen molar-refractivity contribution >= 4 is 0 Å². The van der Waals surface area contributed by atoms with Crippen LogP contribution in [-0.4, -0.2) is 4.57 Å². The normalized spacial score (nSPS) is 10.9. The molecule has 0 fully saturated rings. The first kappa shape index (κ1) is 13.9. The van der Waals surface area contributed by atoms with Gasteiger partial charge in [0.05, 0.1) is 6.54 Å². The van der Waals surface area contributed by atoms with E-state index in [9.17, 15) is 0 Å². The summed E-state index contributed by atoms with van der Waals surface area (Å²) in [5, 5.41) is 0. The van der Waals surface area contributed by atoms with Gasteiger partial charge >= 0.3 is 0 Å². The fourth-order valence-electron chi connectivity index (χ4n) is 2.49. The molecule has 0 aliphatic heterocycles. The van der Waals surface area contributed by atoms with E-state index < -0.39 is 0 Å². The number of imidazole rings is 1. The average molecular weight is 257 g/mol. The number of aromatic nitrogens is 2. The second-order valence-electron chi connectivity index (χ2n) is 5.27. The van der Waals surface area contributed by atoms with Gasteiger partial charge in [0.1, 0.15) is 18.9 Å². The van der Waals surface area contributed by atoms with Crippen LogP contribution in [0, 0.1) is 6.92 Å². The van der Waals surface area contributed by atoms with Gasteiger partial charge in [-0.3, -0.25) is 0 Å². The van der Waals surface area contributed by atoms with Crippen LogP contribution in [0.3, 0.4) is 0 Å². The first-order valence-corrected chi connectivity index (χ1v) is 7.37.